The molecule has 0 amide bonds. The first-order valence-electron chi connectivity index (χ1n) is 12.8. The number of aromatic nitrogens is 1. The summed E-state index contributed by atoms with van der Waals surface area (Å²) in [5, 5.41) is 20.3. The molecule has 5 rings (SSSR count). The largest absolute Gasteiger partial charge is 0.396 e. The highest BCUT2D eigenvalue weighted by atomic mass is 16.3. The lowest BCUT2D eigenvalue weighted by molar-refractivity contribution is -0.148. The Morgan fingerprint density at radius 2 is 1.97 bits per heavy atom. The molecule has 172 valence electrons. The fraction of sp³-hybridized carbons (Fsp3) is 0.815. The van der Waals surface area contributed by atoms with E-state index >= 15 is 0 Å². The average Bonchev–Trinajstić information content (AvgIpc) is 3.30. The second-order valence-corrected chi connectivity index (χ2v) is 11.8. The number of aliphatic hydroxyl groups is 2. The van der Waals surface area contributed by atoms with Crippen molar-refractivity contribution in [3.63, 3.8) is 0 Å². The maximum absolute atomic E-state index is 13.4. The highest BCUT2D eigenvalue weighted by molar-refractivity contribution is 5.82. The molecule has 4 heteroatoms. The maximum Gasteiger partial charge on any atom is 0.156 e. The van der Waals surface area contributed by atoms with Crippen molar-refractivity contribution in [2.75, 3.05) is 6.61 Å². The molecule has 4 aliphatic rings. The Bertz CT molecular complexity index is 817. The highest BCUT2D eigenvalue weighted by Crippen LogP contribution is 2.68. The zero-order valence-electron chi connectivity index (χ0n) is 19.4. The van der Waals surface area contributed by atoms with E-state index in [-0.39, 0.29) is 29.5 Å². The Balaban J connectivity index is 1.37. The smallest absolute Gasteiger partial charge is 0.156 e. The second kappa shape index (κ2) is 8.02. The molecule has 0 unspecified atom stereocenters. The first-order valence-corrected chi connectivity index (χ1v) is 12.8. The van der Waals surface area contributed by atoms with Crippen molar-refractivity contribution in [2.45, 2.75) is 90.7 Å². The van der Waals surface area contributed by atoms with Gasteiger partial charge in [-0.15, -0.1) is 0 Å². The number of Topliss-reactive ketones (excluding diaryl/α,β-unsaturated/α-hetero) is 1. The molecular formula is C27H41NO3. The quantitative estimate of drug-likeness (QED) is 0.713. The third kappa shape index (κ3) is 3.44. The van der Waals surface area contributed by atoms with Gasteiger partial charge in [0.25, 0.3) is 0 Å². The standard InChI is InChI=1S/C27H41NO3/c1-18-9-13-28(16-18)17-25(31)24-6-5-22-21-4-3-19-15-20(30)7-11-27(19,12-14-29)23(21)8-10-26(22,24)2/h9,13,16,19-24,29-30H,3-8,10-12,14-15,17H2,1-2H3/t19-,20+,21-,22-,23-,24+,26-,27+/m0/s1. The molecule has 1 aromatic rings. The Hall–Kier alpha value is -1.13. The molecule has 8 atom stereocenters. The van der Waals surface area contributed by atoms with Crippen molar-refractivity contribution in [3.05, 3.63) is 24.0 Å². The predicted octanol–water partition coefficient (Wildman–Crippen LogP) is 4.75. The molecule has 0 radical (unpaired) electrons. The summed E-state index contributed by atoms with van der Waals surface area (Å²) in [6, 6.07) is 2.08. The summed E-state index contributed by atoms with van der Waals surface area (Å²) < 4.78 is 2.06. The molecule has 4 fully saturated rings. The van der Waals surface area contributed by atoms with Crippen molar-refractivity contribution in [1.29, 1.82) is 0 Å². The van der Waals surface area contributed by atoms with Crippen LogP contribution in [-0.2, 0) is 11.3 Å². The van der Waals surface area contributed by atoms with Crippen LogP contribution in [0.3, 0.4) is 0 Å². The minimum absolute atomic E-state index is 0.141. The summed E-state index contributed by atoms with van der Waals surface area (Å²) in [6.45, 7) is 5.30. The highest BCUT2D eigenvalue weighted by Gasteiger charge is 2.62. The Morgan fingerprint density at radius 3 is 2.71 bits per heavy atom. The van der Waals surface area contributed by atoms with Gasteiger partial charge in [0, 0.05) is 24.9 Å². The van der Waals surface area contributed by atoms with Gasteiger partial charge in [-0.1, -0.05) is 6.92 Å². The zero-order valence-corrected chi connectivity index (χ0v) is 19.4. The molecule has 1 aromatic heterocycles. The lowest BCUT2D eigenvalue weighted by Gasteiger charge is -2.62. The van der Waals surface area contributed by atoms with E-state index in [0.717, 1.165) is 38.5 Å². The lowest BCUT2D eigenvalue weighted by atomic mass is 9.43. The fourth-order valence-electron chi connectivity index (χ4n) is 9.21. The van der Waals surface area contributed by atoms with Gasteiger partial charge in [0.1, 0.15) is 0 Å². The molecule has 1 heterocycles. The summed E-state index contributed by atoms with van der Waals surface area (Å²) in [6.07, 6.45) is 14.9. The molecule has 0 aliphatic heterocycles. The van der Waals surface area contributed by atoms with Crippen molar-refractivity contribution < 1.29 is 15.0 Å². The van der Waals surface area contributed by atoms with Gasteiger partial charge in [0.2, 0.25) is 0 Å². The molecule has 4 aliphatic carbocycles. The topological polar surface area (TPSA) is 62.5 Å². The number of carbonyl (C=O) groups is 1. The maximum atomic E-state index is 13.4. The number of nitrogens with zero attached hydrogens (tertiary/aromatic N) is 1. The van der Waals surface area contributed by atoms with Crippen LogP contribution in [0.2, 0.25) is 0 Å². The first kappa shape index (κ1) is 21.7. The average molecular weight is 428 g/mol. The third-order valence-electron chi connectivity index (χ3n) is 10.5. The van der Waals surface area contributed by atoms with Crippen LogP contribution in [0.1, 0.15) is 76.7 Å². The van der Waals surface area contributed by atoms with E-state index in [4.69, 9.17) is 0 Å². The third-order valence-corrected chi connectivity index (χ3v) is 10.5. The number of fused-ring (bicyclic) bond motifs is 5. The molecule has 2 N–H and O–H groups in total. The van der Waals surface area contributed by atoms with E-state index in [9.17, 15) is 15.0 Å². The van der Waals surface area contributed by atoms with E-state index in [1.54, 1.807) is 0 Å². The molecule has 0 bridgehead atoms. The van der Waals surface area contributed by atoms with Crippen LogP contribution in [0, 0.1) is 47.3 Å². The molecule has 31 heavy (non-hydrogen) atoms. The summed E-state index contributed by atoms with van der Waals surface area (Å²) in [5.74, 6) is 3.22. The van der Waals surface area contributed by atoms with Crippen LogP contribution in [0.15, 0.2) is 18.5 Å². The van der Waals surface area contributed by atoms with E-state index in [0.29, 0.717) is 36.0 Å². The SMILES string of the molecule is Cc1ccn(CC(=O)[C@H]2CC[C@H]3[C@@H]4CC[C@H]5C[C@H](O)CC[C@]5(CCO)[C@H]4CC[C@]23C)c1. The van der Waals surface area contributed by atoms with Crippen molar-refractivity contribution >= 4 is 5.78 Å². The number of hydrogen-bond donors (Lipinski definition) is 2. The summed E-state index contributed by atoms with van der Waals surface area (Å²) in [5.41, 5.74) is 1.58. The fourth-order valence-corrected chi connectivity index (χ4v) is 9.21. The van der Waals surface area contributed by atoms with Gasteiger partial charge in [0.05, 0.1) is 12.6 Å². The Labute approximate surface area is 187 Å². The molecular weight excluding hydrogens is 386 g/mol. The van der Waals surface area contributed by atoms with E-state index in [1.165, 1.54) is 31.2 Å². The van der Waals surface area contributed by atoms with Crippen molar-refractivity contribution in [2.24, 2.45) is 40.4 Å². The lowest BCUT2D eigenvalue weighted by Crippen LogP contribution is -2.55. The first-order chi connectivity index (χ1) is 14.9. The number of carbonyl (C=O) groups excluding carboxylic acids is 1. The Kier molecular flexibility index (Phi) is 5.62. The van der Waals surface area contributed by atoms with E-state index in [1.807, 2.05) is 6.20 Å². The summed E-state index contributed by atoms with van der Waals surface area (Å²) in [7, 11) is 0. The molecule has 0 aromatic carbocycles. The number of aliphatic hydroxyl groups excluding tert-OH is 2. The van der Waals surface area contributed by atoms with E-state index < -0.39 is 0 Å². The molecule has 4 saturated carbocycles. The van der Waals surface area contributed by atoms with Crippen molar-refractivity contribution in [1.82, 2.24) is 4.57 Å². The number of rotatable bonds is 5. The predicted molar refractivity (Wildman–Crippen MR) is 121 cm³/mol. The van der Waals surface area contributed by atoms with Crippen LogP contribution >= 0.6 is 0 Å². The second-order valence-electron chi connectivity index (χ2n) is 11.8. The van der Waals surface area contributed by atoms with E-state index in [2.05, 4.69) is 30.7 Å². The number of ketones is 1. The zero-order chi connectivity index (χ0) is 21.8. The molecule has 4 nitrogen and oxygen atoms in total. The van der Waals surface area contributed by atoms with Crippen LogP contribution in [0.4, 0.5) is 0 Å². The van der Waals surface area contributed by atoms with Crippen LogP contribution in [-0.4, -0.2) is 33.3 Å². The normalized spacial score (nSPS) is 44.4. The number of hydrogen-bond acceptors (Lipinski definition) is 3. The Morgan fingerprint density at radius 1 is 1.13 bits per heavy atom. The van der Waals surface area contributed by atoms with Gasteiger partial charge in [-0.25, -0.2) is 0 Å². The van der Waals surface area contributed by atoms with Gasteiger partial charge >= 0.3 is 0 Å². The van der Waals surface area contributed by atoms with Gasteiger partial charge in [-0.2, -0.15) is 0 Å². The molecule has 0 saturated heterocycles. The molecule has 0 spiro atoms. The van der Waals surface area contributed by atoms with Gasteiger partial charge in [0.15, 0.2) is 5.78 Å². The van der Waals surface area contributed by atoms with Gasteiger partial charge < -0.3 is 14.8 Å². The minimum atomic E-state index is -0.145. The monoisotopic (exact) mass is 427 g/mol. The van der Waals surface area contributed by atoms with Crippen molar-refractivity contribution in [3.8, 4) is 0 Å². The summed E-state index contributed by atoms with van der Waals surface area (Å²) in [4.78, 5) is 13.4. The van der Waals surface area contributed by atoms with Gasteiger partial charge in [-0.3, -0.25) is 4.79 Å². The van der Waals surface area contributed by atoms with Crippen LogP contribution in [0.5, 0.6) is 0 Å². The van der Waals surface area contributed by atoms with Crippen LogP contribution in [0.25, 0.3) is 0 Å². The van der Waals surface area contributed by atoms with Gasteiger partial charge in [-0.05, 0) is 117 Å². The summed E-state index contributed by atoms with van der Waals surface area (Å²) >= 11 is 0. The number of aryl methyl sites for hydroxylation is 1. The minimum Gasteiger partial charge on any atom is -0.396 e. The van der Waals surface area contributed by atoms with Crippen LogP contribution < -0.4 is 0 Å².